The van der Waals surface area contributed by atoms with Crippen LogP contribution < -0.4 is 0 Å². The molecule has 142 valence electrons. The maximum atomic E-state index is 12.1. The van der Waals surface area contributed by atoms with Crippen molar-refractivity contribution >= 4 is 32.8 Å². The molecule has 27 heavy (non-hydrogen) atoms. The number of nitrogens with zero attached hydrogens (tertiary/aromatic N) is 4. The molecular weight excluding hydrogens is 414 g/mol. The molecule has 0 spiro atoms. The SMILES string of the molecule is Cc1nonc1CN1CCN([C@H](C(=O)O)c2c[nH]c3cc(Br)ccc23)CC1. The van der Waals surface area contributed by atoms with Crippen molar-refractivity contribution in [2.75, 3.05) is 26.2 Å². The summed E-state index contributed by atoms with van der Waals surface area (Å²) in [6.07, 6.45) is 1.81. The molecule has 1 saturated heterocycles. The van der Waals surface area contributed by atoms with E-state index in [4.69, 9.17) is 4.63 Å². The third-order valence-corrected chi connectivity index (χ3v) is 5.59. The smallest absolute Gasteiger partial charge is 0.325 e. The van der Waals surface area contributed by atoms with Gasteiger partial charge >= 0.3 is 5.97 Å². The van der Waals surface area contributed by atoms with Gasteiger partial charge in [-0.15, -0.1) is 0 Å². The van der Waals surface area contributed by atoms with Crippen molar-refractivity contribution in [3.05, 3.63) is 45.8 Å². The zero-order valence-electron chi connectivity index (χ0n) is 14.9. The standard InChI is InChI=1S/C18H20BrN5O3/c1-11-16(22-27-21-11)10-23-4-6-24(7-5-23)17(18(25)26)14-9-20-15-8-12(19)2-3-13(14)15/h2-3,8-9,17,20H,4-7,10H2,1H3,(H,25,26)/t17-/m0/s1. The van der Waals surface area contributed by atoms with Crippen LogP contribution in [-0.2, 0) is 11.3 Å². The molecule has 3 heterocycles. The second-order valence-corrected chi connectivity index (χ2v) is 7.70. The lowest BCUT2D eigenvalue weighted by atomic mass is 10.0. The lowest BCUT2D eigenvalue weighted by molar-refractivity contribution is -0.144. The topological polar surface area (TPSA) is 98.5 Å². The summed E-state index contributed by atoms with van der Waals surface area (Å²) in [7, 11) is 0. The van der Waals surface area contributed by atoms with E-state index < -0.39 is 12.0 Å². The van der Waals surface area contributed by atoms with Gasteiger partial charge in [-0.25, -0.2) is 4.63 Å². The minimum absolute atomic E-state index is 0.669. The number of rotatable bonds is 5. The van der Waals surface area contributed by atoms with Crippen LogP contribution in [0.1, 0.15) is 23.0 Å². The van der Waals surface area contributed by atoms with Gasteiger partial charge in [0.1, 0.15) is 17.4 Å². The Balaban J connectivity index is 1.50. The molecule has 3 aromatic rings. The summed E-state index contributed by atoms with van der Waals surface area (Å²) < 4.78 is 5.71. The van der Waals surface area contributed by atoms with E-state index in [1.54, 1.807) is 0 Å². The van der Waals surface area contributed by atoms with E-state index in [1.165, 1.54) is 0 Å². The van der Waals surface area contributed by atoms with Gasteiger partial charge in [-0.1, -0.05) is 32.3 Å². The van der Waals surface area contributed by atoms with Crippen LogP contribution in [0.15, 0.2) is 33.5 Å². The third kappa shape index (κ3) is 3.62. The molecule has 9 heteroatoms. The largest absolute Gasteiger partial charge is 0.480 e. The average molecular weight is 434 g/mol. The number of carbonyl (C=O) groups is 1. The van der Waals surface area contributed by atoms with Crippen molar-refractivity contribution in [3.8, 4) is 0 Å². The van der Waals surface area contributed by atoms with Crippen molar-refractivity contribution in [2.45, 2.75) is 19.5 Å². The number of H-pyrrole nitrogens is 1. The summed E-state index contributed by atoms with van der Waals surface area (Å²) in [5.74, 6) is -0.830. The van der Waals surface area contributed by atoms with Gasteiger partial charge < -0.3 is 10.1 Å². The first-order valence-electron chi connectivity index (χ1n) is 8.76. The molecule has 0 bridgehead atoms. The van der Waals surface area contributed by atoms with E-state index in [9.17, 15) is 9.90 Å². The normalized spacial score (nSPS) is 17.4. The van der Waals surface area contributed by atoms with Gasteiger partial charge in [0, 0.05) is 59.9 Å². The molecule has 1 aromatic carbocycles. The number of aromatic nitrogens is 3. The number of nitrogens with one attached hydrogen (secondary N) is 1. The lowest BCUT2D eigenvalue weighted by Crippen LogP contribution is -2.48. The van der Waals surface area contributed by atoms with Crippen LogP contribution in [0.5, 0.6) is 0 Å². The summed E-state index contributed by atoms with van der Waals surface area (Å²) in [5, 5.41) is 18.6. The minimum Gasteiger partial charge on any atom is -0.480 e. The van der Waals surface area contributed by atoms with Gasteiger partial charge in [0.2, 0.25) is 0 Å². The molecule has 0 aliphatic carbocycles. The second kappa shape index (κ2) is 7.41. The van der Waals surface area contributed by atoms with Gasteiger partial charge in [-0.05, 0) is 19.1 Å². The van der Waals surface area contributed by atoms with E-state index >= 15 is 0 Å². The monoisotopic (exact) mass is 433 g/mol. The number of fused-ring (bicyclic) bond motifs is 1. The van der Waals surface area contributed by atoms with Gasteiger partial charge in [0.15, 0.2) is 0 Å². The predicted molar refractivity (Wildman–Crippen MR) is 102 cm³/mol. The summed E-state index contributed by atoms with van der Waals surface area (Å²) in [6, 6.07) is 5.18. The molecule has 0 amide bonds. The number of halogens is 1. The highest BCUT2D eigenvalue weighted by atomic mass is 79.9. The zero-order chi connectivity index (χ0) is 19.0. The van der Waals surface area contributed by atoms with E-state index in [2.05, 4.69) is 36.1 Å². The molecular formula is C18H20BrN5O3. The van der Waals surface area contributed by atoms with Crippen LogP contribution >= 0.6 is 15.9 Å². The Morgan fingerprint density at radius 1 is 1.33 bits per heavy atom. The Bertz CT molecular complexity index is 961. The maximum Gasteiger partial charge on any atom is 0.325 e. The number of piperazine rings is 1. The molecule has 8 nitrogen and oxygen atoms in total. The molecule has 1 aliphatic rings. The van der Waals surface area contributed by atoms with Crippen molar-refractivity contribution in [1.82, 2.24) is 25.1 Å². The van der Waals surface area contributed by atoms with Crippen molar-refractivity contribution < 1.29 is 14.5 Å². The molecule has 2 N–H and O–H groups in total. The van der Waals surface area contributed by atoms with Crippen LogP contribution in [0.2, 0.25) is 0 Å². The summed E-state index contributed by atoms with van der Waals surface area (Å²) >= 11 is 3.45. The lowest BCUT2D eigenvalue weighted by Gasteiger charge is -2.37. The Labute approximate surface area is 164 Å². The van der Waals surface area contributed by atoms with Crippen molar-refractivity contribution in [3.63, 3.8) is 0 Å². The van der Waals surface area contributed by atoms with Crippen molar-refractivity contribution in [1.29, 1.82) is 0 Å². The summed E-state index contributed by atoms with van der Waals surface area (Å²) in [4.78, 5) is 19.5. The number of aromatic amines is 1. The van der Waals surface area contributed by atoms with Crippen LogP contribution in [0.3, 0.4) is 0 Å². The molecule has 1 fully saturated rings. The second-order valence-electron chi connectivity index (χ2n) is 6.78. The Morgan fingerprint density at radius 3 is 2.78 bits per heavy atom. The fraction of sp³-hybridized carbons (Fsp3) is 0.389. The van der Waals surface area contributed by atoms with Gasteiger partial charge in [0.05, 0.1) is 0 Å². The quantitative estimate of drug-likeness (QED) is 0.637. The number of aliphatic carboxylic acids is 1. The molecule has 1 atom stereocenters. The van der Waals surface area contributed by atoms with Crippen molar-refractivity contribution in [2.24, 2.45) is 0 Å². The van der Waals surface area contributed by atoms with Crippen LogP contribution in [0, 0.1) is 6.92 Å². The number of carboxylic acids is 1. The Morgan fingerprint density at radius 2 is 2.11 bits per heavy atom. The molecule has 2 aromatic heterocycles. The number of aryl methyl sites for hydroxylation is 1. The highest BCUT2D eigenvalue weighted by Crippen LogP contribution is 2.31. The van der Waals surface area contributed by atoms with E-state index in [-0.39, 0.29) is 0 Å². The zero-order valence-corrected chi connectivity index (χ0v) is 16.4. The predicted octanol–water partition coefficient (Wildman–Crippen LogP) is 2.57. The first-order chi connectivity index (χ1) is 13.0. The number of carboxylic acid groups (broad SMARTS) is 1. The molecule has 0 saturated carbocycles. The highest BCUT2D eigenvalue weighted by molar-refractivity contribution is 9.10. The number of hydrogen-bond acceptors (Lipinski definition) is 6. The van der Waals surface area contributed by atoms with Gasteiger partial charge in [0.25, 0.3) is 0 Å². The number of benzene rings is 1. The van der Waals surface area contributed by atoms with Gasteiger partial charge in [-0.2, -0.15) is 0 Å². The third-order valence-electron chi connectivity index (χ3n) is 5.10. The number of hydrogen-bond donors (Lipinski definition) is 2. The summed E-state index contributed by atoms with van der Waals surface area (Å²) in [5.41, 5.74) is 3.36. The van der Waals surface area contributed by atoms with Crippen LogP contribution in [-0.4, -0.2) is 62.4 Å². The fourth-order valence-electron chi connectivity index (χ4n) is 3.62. The maximum absolute atomic E-state index is 12.1. The molecule has 4 rings (SSSR count). The average Bonchev–Trinajstić information content (AvgIpc) is 3.23. The van der Waals surface area contributed by atoms with E-state index in [0.717, 1.165) is 45.4 Å². The van der Waals surface area contributed by atoms with E-state index in [1.807, 2.05) is 36.2 Å². The Kier molecular flexibility index (Phi) is 4.98. The molecule has 1 aliphatic heterocycles. The fourth-order valence-corrected chi connectivity index (χ4v) is 3.98. The van der Waals surface area contributed by atoms with E-state index in [0.29, 0.717) is 19.6 Å². The van der Waals surface area contributed by atoms with Crippen LogP contribution in [0.25, 0.3) is 10.9 Å². The Hall–Kier alpha value is -2.23. The molecule has 0 radical (unpaired) electrons. The highest BCUT2D eigenvalue weighted by Gasteiger charge is 2.32. The summed E-state index contributed by atoms with van der Waals surface area (Å²) in [6.45, 7) is 5.42. The first kappa shape index (κ1) is 18.1. The molecule has 0 unspecified atom stereocenters. The van der Waals surface area contributed by atoms with Crippen LogP contribution in [0.4, 0.5) is 0 Å². The first-order valence-corrected chi connectivity index (χ1v) is 9.56. The minimum atomic E-state index is -0.830. The van der Waals surface area contributed by atoms with Gasteiger partial charge in [-0.3, -0.25) is 14.6 Å².